The Labute approximate surface area is 136 Å². The van der Waals surface area contributed by atoms with Gasteiger partial charge in [-0.2, -0.15) is 0 Å². The third kappa shape index (κ3) is 3.46. The zero-order valence-electron chi connectivity index (χ0n) is 13.5. The summed E-state index contributed by atoms with van der Waals surface area (Å²) in [6.45, 7) is 3.84. The van der Waals surface area contributed by atoms with E-state index in [-0.39, 0.29) is 11.8 Å². The molecule has 0 saturated carbocycles. The molecule has 23 heavy (non-hydrogen) atoms. The van der Waals surface area contributed by atoms with Crippen molar-refractivity contribution in [3.8, 4) is 0 Å². The summed E-state index contributed by atoms with van der Waals surface area (Å²) in [6, 6.07) is 7.03. The van der Waals surface area contributed by atoms with Gasteiger partial charge in [-0.15, -0.1) is 0 Å². The quantitative estimate of drug-likeness (QED) is 0.573. The Bertz CT molecular complexity index is 557. The van der Waals surface area contributed by atoms with Gasteiger partial charge < -0.3 is 9.47 Å². The van der Waals surface area contributed by atoms with E-state index in [0.29, 0.717) is 30.9 Å². The van der Waals surface area contributed by atoms with Crippen molar-refractivity contribution in [2.24, 2.45) is 0 Å². The average molecular weight is 317 g/mol. The maximum Gasteiger partial charge on any atom is 0.261 e. The zero-order chi connectivity index (χ0) is 16.3. The first-order valence-electron chi connectivity index (χ1n) is 8.34. The van der Waals surface area contributed by atoms with Gasteiger partial charge in [0, 0.05) is 13.0 Å². The molecule has 2 amide bonds. The number of hydrogen-bond donors (Lipinski definition) is 0. The summed E-state index contributed by atoms with van der Waals surface area (Å²) in [5.74, 6) is -0.737. The fraction of sp³-hybridized carbons (Fsp3) is 0.556. The Morgan fingerprint density at radius 2 is 1.52 bits per heavy atom. The molecule has 0 N–H and O–H groups in total. The smallest absolute Gasteiger partial charge is 0.261 e. The number of benzene rings is 1. The molecule has 0 atom stereocenters. The number of hydrogen-bond acceptors (Lipinski definition) is 4. The van der Waals surface area contributed by atoms with Crippen LogP contribution in [0.3, 0.4) is 0 Å². The van der Waals surface area contributed by atoms with Gasteiger partial charge in [-0.1, -0.05) is 25.0 Å². The molecule has 0 radical (unpaired) electrons. The minimum atomic E-state index is -0.414. The number of unbranched alkanes of at least 4 members (excludes halogenated alkanes) is 3. The second-order valence-electron chi connectivity index (χ2n) is 6.30. The van der Waals surface area contributed by atoms with Crippen molar-refractivity contribution in [3.05, 3.63) is 35.4 Å². The molecular formula is C18H23NO4. The largest absolute Gasteiger partial charge is 0.348 e. The van der Waals surface area contributed by atoms with Crippen molar-refractivity contribution in [1.82, 2.24) is 4.90 Å². The molecule has 0 unspecified atom stereocenters. The topological polar surface area (TPSA) is 55.8 Å². The number of imide groups is 1. The van der Waals surface area contributed by atoms with E-state index in [9.17, 15) is 9.59 Å². The van der Waals surface area contributed by atoms with Crippen LogP contribution in [-0.4, -0.2) is 42.3 Å². The van der Waals surface area contributed by atoms with E-state index in [1.54, 1.807) is 24.3 Å². The van der Waals surface area contributed by atoms with Crippen LogP contribution in [-0.2, 0) is 9.47 Å². The molecule has 5 nitrogen and oxygen atoms in total. The Morgan fingerprint density at radius 1 is 0.957 bits per heavy atom. The van der Waals surface area contributed by atoms with Gasteiger partial charge in [0.05, 0.1) is 24.3 Å². The summed E-state index contributed by atoms with van der Waals surface area (Å²) in [5.41, 5.74) is 1.06. The molecule has 5 heteroatoms. The number of nitrogens with zero attached hydrogens (tertiary/aromatic N) is 1. The number of carbonyl (C=O) groups excluding carboxylic acids is 2. The van der Waals surface area contributed by atoms with Crippen LogP contribution in [0.2, 0.25) is 0 Å². The first kappa shape index (κ1) is 16.1. The molecule has 0 aromatic heterocycles. The molecule has 2 aliphatic rings. The minimum absolute atomic E-state index is 0.161. The van der Waals surface area contributed by atoms with Gasteiger partial charge in [-0.05, 0) is 31.9 Å². The highest BCUT2D eigenvalue weighted by atomic mass is 16.7. The van der Waals surface area contributed by atoms with Crippen molar-refractivity contribution in [3.63, 3.8) is 0 Å². The summed E-state index contributed by atoms with van der Waals surface area (Å²) in [7, 11) is 0. The molecule has 124 valence electrons. The standard InChI is InChI=1S/C18H23NO4/c1-18(22-12-13-23-18)10-6-2-3-7-11-19-16(20)14-8-4-5-9-15(14)17(19)21/h4-5,8-9H,2-3,6-7,10-13H2,1H3. The fourth-order valence-electron chi connectivity index (χ4n) is 3.21. The average Bonchev–Trinajstić information content (AvgIpc) is 3.08. The van der Waals surface area contributed by atoms with Crippen LogP contribution in [0.4, 0.5) is 0 Å². The van der Waals surface area contributed by atoms with Crippen LogP contribution in [0.15, 0.2) is 24.3 Å². The van der Waals surface area contributed by atoms with E-state index in [2.05, 4.69) is 0 Å². The van der Waals surface area contributed by atoms with Crippen LogP contribution >= 0.6 is 0 Å². The molecule has 2 aliphatic heterocycles. The summed E-state index contributed by atoms with van der Waals surface area (Å²) in [6.07, 6.45) is 4.79. The molecule has 2 heterocycles. The van der Waals surface area contributed by atoms with E-state index >= 15 is 0 Å². The van der Waals surface area contributed by atoms with Gasteiger partial charge >= 0.3 is 0 Å². The Hall–Kier alpha value is -1.72. The lowest BCUT2D eigenvalue weighted by molar-refractivity contribution is -0.147. The van der Waals surface area contributed by atoms with Crippen LogP contribution < -0.4 is 0 Å². The Morgan fingerprint density at radius 3 is 2.13 bits per heavy atom. The molecular weight excluding hydrogens is 294 g/mol. The van der Waals surface area contributed by atoms with Crippen molar-refractivity contribution in [1.29, 1.82) is 0 Å². The summed E-state index contributed by atoms with van der Waals surface area (Å²) in [4.78, 5) is 25.8. The lowest BCUT2D eigenvalue weighted by atomic mass is 10.1. The molecule has 0 aliphatic carbocycles. The summed E-state index contributed by atoms with van der Waals surface area (Å²) < 4.78 is 11.1. The number of rotatable bonds is 7. The van der Waals surface area contributed by atoms with Gasteiger partial charge in [0.15, 0.2) is 5.79 Å². The van der Waals surface area contributed by atoms with Gasteiger partial charge in [-0.3, -0.25) is 14.5 Å². The third-order valence-corrected chi connectivity index (χ3v) is 4.54. The summed E-state index contributed by atoms with van der Waals surface area (Å²) >= 11 is 0. The molecule has 1 fully saturated rings. The molecule has 1 saturated heterocycles. The highest BCUT2D eigenvalue weighted by molar-refractivity contribution is 6.21. The molecule has 0 bridgehead atoms. The first-order valence-corrected chi connectivity index (χ1v) is 8.34. The SMILES string of the molecule is CC1(CCCCCCN2C(=O)c3ccccc3C2=O)OCCO1. The van der Waals surface area contributed by atoms with Gasteiger partial charge in [0.1, 0.15) is 0 Å². The second-order valence-corrected chi connectivity index (χ2v) is 6.30. The van der Waals surface area contributed by atoms with E-state index in [1.165, 1.54) is 4.90 Å². The van der Waals surface area contributed by atoms with Crippen LogP contribution in [0, 0.1) is 0 Å². The zero-order valence-corrected chi connectivity index (χ0v) is 13.5. The molecule has 0 spiro atoms. The van der Waals surface area contributed by atoms with E-state index < -0.39 is 5.79 Å². The fourth-order valence-corrected chi connectivity index (χ4v) is 3.21. The Balaban J connectivity index is 1.38. The predicted octanol–water partition coefficient (Wildman–Crippen LogP) is 3.00. The van der Waals surface area contributed by atoms with Crippen LogP contribution in [0.5, 0.6) is 0 Å². The van der Waals surface area contributed by atoms with Gasteiger partial charge in [0.2, 0.25) is 0 Å². The molecule has 1 aromatic carbocycles. The molecule has 1 aromatic rings. The minimum Gasteiger partial charge on any atom is -0.348 e. The van der Waals surface area contributed by atoms with Crippen molar-refractivity contribution in [2.75, 3.05) is 19.8 Å². The maximum absolute atomic E-state index is 12.2. The number of carbonyl (C=O) groups is 2. The van der Waals surface area contributed by atoms with Crippen molar-refractivity contribution >= 4 is 11.8 Å². The number of amides is 2. The highest BCUT2D eigenvalue weighted by Gasteiger charge is 2.34. The number of fused-ring (bicyclic) bond motifs is 1. The van der Waals surface area contributed by atoms with Crippen LogP contribution in [0.1, 0.15) is 59.7 Å². The summed E-state index contributed by atoms with van der Waals surface area (Å²) in [5, 5.41) is 0. The Kier molecular flexibility index (Phi) is 4.78. The monoisotopic (exact) mass is 317 g/mol. The van der Waals surface area contributed by atoms with E-state index in [4.69, 9.17) is 9.47 Å². The third-order valence-electron chi connectivity index (χ3n) is 4.54. The lowest BCUT2D eigenvalue weighted by Gasteiger charge is -2.22. The maximum atomic E-state index is 12.2. The van der Waals surface area contributed by atoms with Crippen LogP contribution in [0.25, 0.3) is 0 Å². The van der Waals surface area contributed by atoms with Gasteiger partial charge in [0.25, 0.3) is 11.8 Å². The lowest BCUT2D eigenvalue weighted by Crippen LogP contribution is -2.30. The molecule has 3 rings (SSSR count). The van der Waals surface area contributed by atoms with Crippen molar-refractivity contribution < 1.29 is 19.1 Å². The predicted molar refractivity (Wildman–Crippen MR) is 85.2 cm³/mol. The normalized spacial score (nSPS) is 19.4. The van der Waals surface area contributed by atoms with E-state index in [0.717, 1.165) is 32.1 Å². The van der Waals surface area contributed by atoms with E-state index in [1.807, 2.05) is 6.92 Å². The highest BCUT2D eigenvalue weighted by Crippen LogP contribution is 2.26. The van der Waals surface area contributed by atoms with Gasteiger partial charge in [-0.25, -0.2) is 0 Å². The second kappa shape index (κ2) is 6.81. The first-order chi connectivity index (χ1) is 11.1. The van der Waals surface area contributed by atoms with Crippen molar-refractivity contribution in [2.45, 2.75) is 44.8 Å². The number of ether oxygens (including phenoxy) is 2.